The minimum absolute atomic E-state index is 0.105. The van der Waals surface area contributed by atoms with Crippen LogP contribution in [0.25, 0.3) is 0 Å². The summed E-state index contributed by atoms with van der Waals surface area (Å²) in [6.07, 6.45) is 1.73. The largest absolute Gasteiger partial charge is 0.347 e. The Morgan fingerprint density at radius 3 is 2.65 bits per heavy atom. The molecule has 20 heavy (non-hydrogen) atoms. The zero-order valence-electron chi connectivity index (χ0n) is 11.4. The fourth-order valence-corrected chi connectivity index (χ4v) is 2.46. The molecule has 6 heteroatoms. The number of aryl methyl sites for hydroxylation is 1. The number of hydrogen-bond donors (Lipinski definition) is 2. The molecule has 0 unspecified atom stereocenters. The maximum Gasteiger partial charge on any atom is 0.265 e. The molecule has 0 aliphatic carbocycles. The third-order valence-corrected chi connectivity index (χ3v) is 3.73. The highest BCUT2D eigenvalue weighted by Crippen LogP contribution is 2.12. The molecule has 0 spiro atoms. The van der Waals surface area contributed by atoms with Crippen LogP contribution in [0.15, 0.2) is 24.3 Å². The van der Waals surface area contributed by atoms with Crippen LogP contribution < -0.4 is 11.1 Å². The summed E-state index contributed by atoms with van der Waals surface area (Å²) in [6, 6.07) is 7.89. The Bertz CT molecular complexity index is 565. The molecule has 0 radical (unpaired) electrons. The van der Waals surface area contributed by atoms with Gasteiger partial charge in [-0.2, -0.15) is 0 Å². The Morgan fingerprint density at radius 1 is 1.30 bits per heavy atom. The monoisotopic (exact) mass is 290 g/mol. The number of nitrogens with zero attached hydrogens (tertiary/aromatic N) is 2. The van der Waals surface area contributed by atoms with E-state index in [0.717, 1.165) is 41.2 Å². The molecule has 5 nitrogen and oxygen atoms in total. The lowest BCUT2D eigenvalue weighted by molar-refractivity contribution is 0.0954. The first-order valence-electron chi connectivity index (χ1n) is 6.62. The average Bonchev–Trinajstić information content (AvgIpc) is 2.94. The van der Waals surface area contributed by atoms with E-state index in [1.807, 2.05) is 24.3 Å². The predicted molar refractivity (Wildman–Crippen MR) is 79.4 cm³/mol. The van der Waals surface area contributed by atoms with E-state index < -0.39 is 0 Å². The fourth-order valence-electron chi connectivity index (χ4n) is 1.84. The molecule has 2 rings (SSSR count). The summed E-state index contributed by atoms with van der Waals surface area (Å²) in [6.45, 7) is 3.08. The van der Waals surface area contributed by atoms with Crippen LogP contribution in [-0.2, 0) is 19.5 Å². The van der Waals surface area contributed by atoms with Crippen LogP contribution >= 0.6 is 11.5 Å². The van der Waals surface area contributed by atoms with E-state index in [0.29, 0.717) is 18.0 Å². The first-order chi connectivity index (χ1) is 9.74. The fraction of sp³-hybridized carbons (Fsp3) is 0.357. The maximum atomic E-state index is 12.1. The van der Waals surface area contributed by atoms with Crippen molar-refractivity contribution in [2.24, 2.45) is 5.73 Å². The van der Waals surface area contributed by atoms with Crippen LogP contribution in [0.1, 0.15) is 39.8 Å². The normalized spacial score (nSPS) is 10.5. The van der Waals surface area contributed by atoms with Gasteiger partial charge in [-0.25, -0.2) is 0 Å². The third kappa shape index (κ3) is 3.61. The molecular weight excluding hydrogens is 272 g/mol. The predicted octanol–water partition coefficient (Wildman–Crippen LogP) is 1.88. The smallest absolute Gasteiger partial charge is 0.265 e. The molecule has 1 aromatic heterocycles. The van der Waals surface area contributed by atoms with E-state index >= 15 is 0 Å². The van der Waals surface area contributed by atoms with E-state index in [1.54, 1.807) is 0 Å². The molecule has 2 aromatic rings. The van der Waals surface area contributed by atoms with Crippen molar-refractivity contribution in [1.29, 1.82) is 0 Å². The van der Waals surface area contributed by atoms with E-state index in [4.69, 9.17) is 5.73 Å². The van der Waals surface area contributed by atoms with Gasteiger partial charge in [0.2, 0.25) is 0 Å². The number of carbonyl (C=O) groups excluding carboxylic acids is 1. The van der Waals surface area contributed by atoms with Gasteiger partial charge in [0.15, 0.2) is 0 Å². The second kappa shape index (κ2) is 7.12. The van der Waals surface area contributed by atoms with Crippen LogP contribution in [0.4, 0.5) is 0 Å². The van der Waals surface area contributed by atoms with Crippen LogP contribution in [0, 0.1) is 0 Å². The van der Waals surface area contributed by atoms with Crippen molar-refractivity contribution in [3.8, 4) is 0 Å². The molecule has 106 valence electrons. The lowest BCUT2D eigenvalue weighted by Crippen LogP contribution is -2.23. The summed E-state index contributed by atoms with van der Waals surface area (Å²) in [5.41, 5.74) is 8.46. The average molecular weight is 290 g/mol. The van der Waals surface area contributed by atoms with Gasteiger partial charge in [0.05, 0.1) is 5.69 Å². The molecule has 3 N–H and O–H groups in total. The molecule has 0 aliphatic heterocycles. The van der Waals surface area contributed by atoms with Crippen molar-refractivity contribution in [2.75, 3.05) is 0 Å². The van der Waals surface area contributed by atoms with Crippen LogP contribution in [0.5, 0.6) is 0 Å². The second-order valence-corrected chi connectivity index (χ2v) is 5.26. The molecule has 0 saturated heterocycles. The molecule has 0 atom stereocenters. The number of rotatable bonds is 6. The molecule has 0 aliphatic rings. The molecule has 1 amide bonds. The number of nitrogens with two attached hydrogens (primary N) is 1. The number of nitrogens with one attached hydrogen (secondary N) is 1. The number of aromatic nitrogens is 2. The van der Waals surface area contributed by atoms with Gasteiger partial charge in [-0.05, 0) is 29.1 Å². The van der Waals surface area contributed by atoms with Gasteiger partial charge in [-0.15, -0.1) is 5.10 Å². The summed E-state index contributed by atoms with van der Waals surface area (Å²) < 4.78 is 3.86. The molecule has 0 saturated carbocycles. The van der Waals surface area contributed by atoms with Crippen LogP contribution in [0.2, 0.25) is 0 Å². The Balaban J connectivity index is 1.95. The highest BCUT2D eigenvalue weighted by molar-refractivity contribution is 7.08. The van der Waals surface area contributed by atoms with Gasteiger partial charge in [0.25, 0.3) is 5.91 Å². The van der Waals surface area contributed by atoms with Gasteiger partial charge in [-0.3, -0.25) is 4.79 Å². The van der Waals surface area contributed by atoms with Crippen molar-refractivity contribution in [1.82, 2.24) is 14.9 Å². The van der Waals surface area contributed by atoms with Crippen molar-refractivity contribution in [3.63, 3.8) is 0 Å². The van der Waals surface area contributed by atoms with Gasteiger partial charge in [0.1, 0.15) is 4.88 Å². The number of carbonyl (C=O) groups is 1. The maximum absolute atomic E-state index is 12.1. The van der Waals surface area contributed by atoms with Crippen molar-refractivity contribution < 1.29 is 4.79 Å². The summed E-state index contributed by atoms with van der Waals surface area (Å²) in [7, 11) is 0. The molecule has 0 fully saturated rings. The van der Waals surface area contributed by atoms with Crippen molar-refractivity contribution in [3.05, 3.63) is 46.0 Å². The number of benzene rings is 1. The molecular formula is C14H18N4OS. The quantitative estimate of drug-likeness (QED) is 0.851. The highest BCUT2D eigenvalue weighted by atomic mass is 32.1. The van der Waals surface area contributed by atoms with Gasteiger partial charge in [0, 0.05) is 13.1 Å². The van der Waals surface area contributed by atoms with Crippen molar-refractivity contribution in [2.45, 2.75) is 32.9 Å². The van der Waals surface area contributed by atoms with Crippen LogP contribution in [0.3, 0.4) is 0 Å². The SMILES string of the molecule is CCCc1nnsc1C(=O)NCc1ccc(CN)cc1. The Hall–Kier alpha value is -1.79. The lowest BCUT2D eigenvalue weighted by atomic mass is 10.1. The van der Waals surface area contributed by atoms with Crippen molar-refractivity contribution >= 4 is 17.4 Å². The third-order valence-electron chi connectivity index (χ3n) is 2.96. The van der Waals surface area contributed by atoms with Gasteiger partial charge in [-0.1, -0.05) is 42.1 Å². The number of hydrogen-bond acceptors (Lipinski definition) is 5. The Labute approximate surface area is 122 Å². The summed E-state index contributed by atoms with van der Waals surface area (Å²) in [5, 5.41) is 6.90. The topological polar surface area (TPSA) is 80.9 Å². The first-order valence-corrected chi connectivity index (χ1v) is 7.39. The van der Waals surface area contributed by atoms with E-state index in [9.17, 15) is 4.79 Å². The minimum Gasteiger partial charge on any atom is -0.347 e. The van der Waals surface area contributed by atoms with E-state index in [2.05, 4.69) is 21.8 Å². The summed E-state index contributed by atoms with van der Waals surface area (Å²) >= 11 is 1.15. The van der Waals surface area contributed by atoms with E-state index in [1.165, 1.54) is 0 Å². The zero-order valence-corrected chi connectivity index (χ0v) is 12.2. The molecule has 0 bridgehead atoms. The zero-order chi connectivity index (χ0) is 14.4. The lowest BCUT2D eigenvalue weighted by Gasteiger charge is -2.05. The molecule has 1 heterocycles. The minimum atomic E-state index is -0.105. The highest BCUT2D eigenvalue weighted by Gasteiger charge is 2.15. The van der Waals surface area contributed by atoms with Gasteiger partial charge >= 0.3 is 0 Å². The van der Waals surface area contributed by atoms with Crippen LogP contribution in [-0.4, -0.2) is 15.5 Å². The molecule has 1 aromatic carbocycles. The standard InChI is InChI=1S/C14H18N4OS/c1-2-3-12-13(20-18-17-12)14(19)16-9-11-6-4-10(8-15)5-7-11/h4-7H,2-3,8-9,15H2,1H3,(H,16,19). The Morgan fingerprint density at radius 2 is 2.00 bits per heavy atom. The van der Waals surface area contributed by atoms with E-state index in [-0.39, 0.29) is 5.91 Å². The second-order valence-electron chi connectivity index (χ2n) is 4.50. The number of amides is 1. The Kier molecular flexibility index (Phi) is 5.20. The summed E-state index contributed by atoms with van der Waals surface area (Å²) in [4.78, 5) is 12.7. The summed E-state index contributed by atoms with van der Waals surface area (Å²) in [5.74, 6) is -0.105. The first kappa shape index (κ1) is 14.6. The van der Waals surface area contributed by atoms with Gasteiger partial charge < -0.3 is 11.1 Å².